The molecule has 162 valence electrons. The summed E-state index contributed by atoms with van der Waals surface area (Å²) in [5.41, 5.74) is 2.31. The van der Waals surface area contributed by atoms with E-state index >= 15 is 0 Å². The lowest BCUT2D eigenvalue weighted by atomic mass is 9.85. The number of amidine groups is 1. The molecule has 0 saturated carbocycles. The van der Waals surface area contributed by atoms with E-state index in [1.54, 1.807) is 0 Å². The van der Waals surface area contributed by atoms with Crippen LogP contribution < -0.4 is 11.1 Å². The predicted octanol–water partition coefficient (Wildman–Crippen LogP) is 3.17. The lowest BCUT2D eigenvalue weighted by molar-refractivity contribution is -0.187. The van der Waals surface area contributed by atoms with E-state index in [-0.39, 0.29) is 16.9 Å². The van der Waals surface area contributed by atoms with Crippen molar-refractivity contribution in [3.05, 3.63) is 59.2 Å². The molecule has 1 aliphatic heterocycles. The van der Waals surface area contributed by atoms with Crippen LogP contribution in [0.2, 0.25) is 0 Å². The summed E-state index contributed by atoms with van der Waals surface area (Å²) < 4.78 is 73.9. The van der Waals surface area contributed by atoms with Crippen molar-refractivity contribution in [2.75, 3.05) is 5.32 Å². The van der Waals surface area contributed by atoms with Crippen molar-refractivity contribution in [3.63, 3.8) is 0 Å². The largest absolute Gasteiger partial charge is 0.451 e. The highest BCUT2D eigenvalue weighted by molar-refractivity contribution is 6.02. The Morgan fingerprint density at radius 3 is 2.61 bits per heavy atom. The molecule has 0 unspecified atom stereocenters. The van der Waals surface area contributed by atoms with Crippen molar-refractivity contribution >= 4 is 17.6 Å². The summed E-state index contributed by atoms with van der Waals surface area (Å²) >= 11 is 0. The molecule has 3 atom stereocenters. The van der Waals surface area contributed by atoms with Gasteiger partial charge < -0.3 is 15.8 Å². The molecule has 7 nitrogen and oxygen atoms in total. The third-order valence-corrected chi connectivity index (χ3v) is 4.61. The van der Waals surface area contributed by atoms with Crippen molar-refractivity contribution in [1.82, 2.24) is 4.98 Å². The molecule has 2 heterocycles. The normalized spacial score (nSPS) is 23.3. The molecule has 3 N–H and O–H groups in total. The maximum atomic E-state index is 14.9. The molecular weight excluding hydrogens is 425 g/mol. The number of rotatable bonds is 3. The molecule has 0 bridgehead atoms. The zero-order chi connectivity index (χ0) is 23.0. The summed E-state index contributed by atoms with van der Waals surface area (Å²) in [7, 11) is 0. The average molecular weight is 439 g/mol. The van der Waals surface area contributed by atoms with Crippen LogP contribution in [-0.4, -0.2) is 35.3 Å². The maximum absolute atomic E-state index is 14.9. The van der Waals surface area contributed by atoms with Crippen LogP contribution in [0.1, 0.15) is 28.5 Å². The summed E-state index contributed by atoms with van der Waals surface area (Å²) in [5.74, 6) is -1.82. The van der Waals surface area contributed by atoms with Crippen LogP contribution in [0, 0.1) is 17.1 Å². The highest BCUT2D eigenvalue weighted by atomic mass is 19.4. The van der Waals surface area contributed by atoms with Crippen LogP contribution in [0.25, 0.3) is 0 Å². The first-order valence-electron chi connectivity index (χ1n) is 8.66. The minimum absolute atomic E-state index is 0.0609. The lowest BCUT2D eigenvalue weighted by Gasteiger charge is -2.40. The van der Waals surface area contributed by atoms with Crippen molar-refractivity contribution in [1.29, 1.82) is 5.26 Å². The summed E-state index contributed by atoms with van der Waals surface area (Å²) in [6.45, 7) is 0.907. The molecule has 0 saturated heterocycles. The van der Waals surface area contributed by atoms with Gasteiger partial charge in [-0.1, -0.05) is 0 Å². The molecular formula is C19H14F5N5O2. The molecule has 1 aromatic heterocycles. The number of alkyl halides is 4. The minimum atomic E-state index is -5.08. The topological polar surface area (TPSA) is 113 Å². The van der Waals surface area contributed by atoms with Gasteiger partial charge >= 0.3 is 6.18 Å². The third kappa shape index (κ3) is 4.25. The quantitative estimate of drug-likeness (QED) is 0.714. The Morgan fingerprint density at radius 2 is 2.03 bits per heavy atom. The molecule has 31 heavy (non-hydrogen) atoms. The number of aliphatic imine (C=N–C) groups is 1. The van der Waals surface area contributed by atoms with Gasteiger partial charge in [0.1, 0.15) is 17.6 Å². The fourth-order valence-corrected chi connectivity index (χ4v) is 3.02. The number of aromatic nitrogens is 1. The molecule has 12 heteroatoms. The molecule has 1 amide bonds. The smallest absolute Gasteiger partial charge is 0.413 e. The van der Waals surface area contributed by atoms with Gasteiger partial charge in [-0.3, -0.25) is 4.79 Å². The second-order valence-electron chi connectivity index (χ2n) is 6.76. The maximum Gasteiger partial charge on any atom is 0.413 e. The van der Waals surface area contributed by atoms with Crippen LogP contribution in [-0.2, 0) is 10.3 Å². The van der Waals surface area contributed by atoms with Crippen LogP contribution in [0.4, 0.5) is 27.6 Å². The Kier molecular flexibility index (Phi) is 5.54. The number of anilines is 1. The van der Waals surface area contributed by atoms with Crippen LogP contribution in [0.3, 0.4) is 0 Å². The zero-order valence-electron chi connectivity index (χ0n) is 15.7. The van der Waals surface area contributed by atoms with Crippen molar-refractivity contribution < 1.29 is 31.5 Å². The van der Waals surface area contributed by atoms with Gasteiger partial charge in [0.2, 0.25) is 0 Å². The highest BCUT2D eigenvalue weighted by Gasteiger charge is 2.58. The van der Waals surface area contributed by atoms with Gasteiger partial charge in [-0.05, 0) is 37.3 Å². The Labute approximate surface area is 172 Å². The van der Waals surface area contributed by atoms with Gasteiger partial charge in [-0.2, -0.15) is 18.4 Å². The van der Waals surface area contributed by atoms with E-state index in [0.29, 0.717) is 0 Å². The fourth-order valence-electron chi connectivity index (χ4n) is 3.02. The van der Waals surface area contributed by atoms with Gasteiger partial charge in [0.05, 0.1) is 5.56 Å². The summed E-state index contributed by atoms with van der Waals surface area (Å²) in [6, 6.07) is 3.55. The van der Waals surface area contributed by atoms with Gasteiger partial charge in [-0.15, -0.1) is 0 Å². The molecule has 1 aromatic carbocycles. The number of nitrogens with zero attached hydrogens (tertiary/aromatic N) is 3. The van der Waals surface area contributed by atoms with E-state index in [0.717, 1.165) is 31.3 Å². The van der Waals surface area contributed by atoms with E-state index in [9.17, 15) is 26.7 Å². The molecule has 2 aromatic rings. The summed E-state index contributed by atoms with van der Waals surface area (Å²) in [6.07, 6.45) is -6.74. The number of halogens is 5. The van der Waals surface area contributed by atoms with E-state index in [4.69, 9.17) is 15.7 Å². The number of hydrogen-bond acceptors (Lipinski definition) is 6. The second kappa shape index (κ2) is 7.82. The number of ether oxygens (including phenoxy) is 1. The minimum Gasteiger partial charge on any atom is -0.451 e. The van der Waals surface area contributed by atoms with Gasteiger partial charge in [0.25, 0.3) is 11.9 Å². The number of nitrogens with one attached hydrogen (secondary N) is 1. The summed E-state index contributed by atoms with van der Waals surface area (Å²) in [5, 5.41) is 11.1. The average Bonchev–Trinajstić information content (AvgIpc) is 2.71. The first kappa shape index (κ1) is 21.9. The van der Waals surface area contributed by atoms with Crippen LogP contribution in [0.15, 0.2) is 41.5 Å². The van der Waals surface area contributed by atoms with Crippen molar-refractivity contribution in [2.45, 2.75) is 30.9 Å². The molecule has 0 fully saturated rings. The van der Waals surface area contributed by atoms with Gasteiger partial charge in [0.15, 0.2) is 17.8 Å². The number of amides is 1. The molecule has 0 radical (unpaired) electrons. The van der Waals surface area contributed by atoms with Crippen LogP contribution in [0.5, 0.6) is 0 Å². The summed E-state index contributed by atoms with van der Waals surface area (Å²) in [4.78, 5) is 19.1. The van der Waals surface area contributed by atoms with Gasteiger partial charge in [0, 0.05) is 17.4 Å². The first-order chi connectivity index (χ1) is 14.5. The van der Waals surface area contributed by atoms with E-state index in [2.05, 4.69) is 15.3 Å². The first-order valence-corrected chi connectivity index (χ1v) is 8.66. The lowest BCUT2D eigenvalue weighted by Crippen LogP contribution is -2.55. The van der Waals surface area contributed by atoms with Crippen molar-refractivity contribution in [3.8, 4) is 6.07 Å². The molecule has 3 rings (SSSR count). The Balaban J connectivity index is 1.94. The third-order valence-electron chi connectivity index (χ3n) is 4.61. The number of nitriles is 1. The standard InChI is InChI=1S/C19H14F5N5O2/c1-18(14(21)15(19(22,23)24)29-17(26)31-18)11-6-10(3-4-12(11)20)28-16(30)13-5-2-9(7-25)8-27-13/h2-6,8,14-15H,1H3,(H2,26,29)(H,28,30)/t14-,15+,18-/m1/s1. The number of carbonyl (C=O) groups excluding carboxylic acids is 1. The number of benzene rings is 1. The van der Waals surface area contributed by atoms with Crippen LogP contribution >= 0.6 is 0 Å². The molecule has 1 aliphatic rings. The predicted molar refractivity (Wildman–Crippen MR) is 98.1 cm³/mol. The monoisotopic (exact) mass is 439 g/mol. The molecule has 0 aliphatic carbocycles. The Hall–Kier alpha value is -3.75. The van der Waals surface area contributed by atoms with E-state index in [1.165, 1.54) is 12.1 Å². The SMILES string of the molecule is C[C@]1(c2cc(NC(=O)c3ccc(C#N)cn3)ccc2F)OC(N)=N[C@H](C(F)(F)F)[C@H]1F. The Morgan fingerprint density at radius 1 is 1.32 bits per heavy atom. The zero-order valence-corrected chi connectivity index (χ0v) is 15.7. The second-order valence-corrected chi connectivity index (χ2v) is 6.76. The number of pyridine rings is 1. The number of hydrogen-bond donors (Lipinski definition) is 2. The fraction of sp³-hybridized carbons (Fsp3) is 0.263. The van der Waals surface area contributed by atoms with Gasteiger partial charge in [-0.25, -0.2) is 18.8 Å². The number of nitrogens with two attached hydrogens (primary N) is 1. The van der Waals surface area contributed by atoms with E-state index in [1.807, 2.05) is 6.07 Å². The highest BCUT2D eigenvalue weighted by Crippen LogP contribution is 2.43. The van der Waals surface area contributed by atoms with E-state index < -0.39 is 47.3 Å². The van der Waals surface area contributed by atoms with Crippen molar-refractivity contribution in [2.24, 2.45) is 10.7 Å². The molecule has 0 spiro atoms. The Bertz CT molecular complexity index is 1080. The number of carbonyl (C=O) groups is 1.